The van der Waals surface area contributed by atoms with Crippen molar-refractivity contribution in [1.82, 2.24) is 0 Å². The third-order valence-electron chi connectivity index (χ3n) is 2.60. The van der Waals surface area contributed by atoms with Crippen LogP contribution in [0, 0.1) is 0 Å². The van der Waals surface area contributed by atoms with Crippen LogP contribution in [0.4, 0.5) is 12.9 Å². The molecular weight excluding hydrogens is 236 g/mol. The largest absolute Gasteiger partial charge is 0.510 e. The van der Waals surface area contributed by atoms with Gasteiger partial charge in [0.1, 0.15) is 0 Å². The van der Waals surface area contributed by atoms with Crippen molar-refractivity contribution in [2.45, 2.75) is 0 Å². The van der Waals surface area contributed by atoms with E-state index in [1.54, 1.807) is 12.1 Å². The fraction of sp³-hybridized carbons (Fsp3) is 0. The molecule has 2 aromatic carbocycles. The van der Waals surface area contributed by atoms with Gasteiger partial charge in [0.2, 0.25) is 0 Å². The van der Waals surface area contributed by atoms with E-state index < -0.39 is 12.4 Å². The lowest BCUT2D eigenvalue weighted by molar-refractivity contribution is 0.501. The highest BCUT2D eigenvalue weighted by molar-refractivity contribution is 6.74. The number of rotatable bonds is 3. The molecule has 0 saturated heterocycles. The Morgan fingerprint density at radius 1 is 0.722 bits per heavy atom. The lowest BCUT2D eigenvalue weighted by Crippen LogP contribution is -2.35. The summed E-state index contributed by atoms with van der Waals surface area (Å²) in [5.74, 6) is 0. The topological polar surface area (TPSA) is 0 Å². The molecule has 92 valence electrons. The zero-order chi connectivity index (χ0) is 13.0. The van der Waals surface area contributed by atoms with Crippen LogP contribution in [0.2, 0.25) is 0 Å². The second-order valence-corrected chi connectivity index (χ2v) is 3.95. The van der Waals surface area contributed by atoms with Crippen molar-refractivity contribution in [3.8, 4) is 0 Å². The van der Waals surface area contributed by atoms with Gasteiger partial charge in [-0.3, -0.25) is 0 Å². The van der Waals surface area contributed by atoms with Crippen molar-refractivity contribution in [1.29, 1.82) is 0 Å². The van der Waals surface area contributed by atoms with Gasteiger partial charge in [-0.15, -0.1) is 5.46 Å². The monoisotopic (exact) mass is 247 g/mol. The SMILES string of the molecule is F[B-](F)(F)c1ccccc1/C=C/c1ccccc1. The van der Waals surface area contributed by atoms with Gasteiger partial charge in [0.05, 0.1) is 0 Å². The first-order chi connectivity index (χ1) is 8.57. The highest BCUT2D eigenvalue weighted by Crippen LogP contribution is 2.14. The van der Waals surface area contributed by atoms with Crippen molar-refractivity contribution in [2.75, 3.05) is 0 Å². The summed E-state index contributed by atoms with van der Waals surface area (Å²) in [7, 11) is 0. The van der Waals surface area contributed by atoms with Crippen LogP contribution in [0.1, 0.15) is 11.1 Å². The van der Waals surface area contributed by atoms with E-state index in [0.717, 1.165) is 11.6 Å². The molecule has 0 heterocycles. The smallest absolute Gasteiger partial charge is 0.445 e. The fourth-order valence-electron chi connectivity index (χ4n) is 1.71. The second-order valence-electron chi connectivity index (χ2n) is 3.95. The number of halogens is 3. The third kappa shape index (κ3) is 3.03. The summed E-state index contributed by atoms with van der Waals surface area (Å²) in [6, 6.07) is 14.9. The maximum absolute atomic E-state index is 12.8. The number of hydrogen-bond acceptors (Lipinski definition) is 0. The molecule has 0 bridgehead atoms. The van der Waals surface area contributed by atoms with Gasteiger partial charge in [0.15, 0.2) is 0 Å². The summed E-state index contributed by atoms with van der Waals surface area (Å²) in [5.41, 5.74) is 0.528. The Morgan fingerprint density at radius 2 is 1.33 bits per heavy atom. The van der Waals surface area contributed by atoms with Crippen LogP contribution in [0.3, 0.4) is 0 Å². The first kappa shape index (κ1) is 12.5. The van der Waals surface area contributed by atoms with Crippen LogP contribution in [-0.4, -0.2) is 6.98 Å². The fourth-order valence-corrected chi connectivity index (χ4v) is 1.71. The Hall–Kier alpha value is -1.97. The molecular formula is C14H11BF3-. The second kappa shape index (κ2) is 5.13. The first-order valence-electron chi connectivity index (χ1n) is 5.59. The minimum absolute atomic E-state index is 0.203. The molecule has 0 nitrogen and oxygen atoms in total. The van der Waals surface area contributed by atoms with Gasteiger partial charge >= 0.3 is 6.98 Å². The van der Waals surface area contributed by atoms with E-state index in [-0.39, 0.29) is 5.56 Å². The average Bonchev–Trinajstić information content (AvgIpc) is 2.37. The number of hydrogen-bond donors (Lipinski definition) is 0. The Bertz CT molecular complexity index is 544. The minimum atomic E-state index is -4.97. The quantitative estimate of drug-likeness (QED) is 0.569. The van der Waals surface area contributed by atoms with Gasteiger partial charge in [0, 0.05) is 0 Å². The van der Waals surface area contributed by atoms with E-state index in [9.17, 15) is 12.9 Å². The molecule has 2 aromatic rings. The normalized spacial score (nSPS) is 11.9. The van der Waals surface area contributed by atoms with E-state index in [2.05, 4.69) is 0 Å². The van der Waals surface area contributed by atoms with Gasteiger partial charge in [-0.1, -0.05) is 72.3 Å². The third-order valence-corrected chi connectivity index (χ3v) is 2.60. The molecule has 0 aromatic heterocycles. The predicted molar refractivity (Wildman–Crippen MR) is 70.5 cm³/mol. The molecule has 0 saturated carbocycles. The van der Waals surface area contributed by atoms with Crippen LogP contribution in [-0.2, 0) is 0 Å². The highest BCUT2D eigenvalue weighted by Gasteiger charge is 2.27. The van der Waals surface area contributed by atoms with Gasteiger partial charge in [-0.2, -0.15) is 0 Å². The summed E-state index contributed by atoms with van der Waals surface area (Å²) in [4.78, 5) is 0. The lowest BCUT2D eigenvalue weighted by atomic mass is 9.77. The molecule has 0 aliphatic carbocycles. The molecule has 0 aliphatic rings. The van der Waals surface area contributed by atoms with Crippen LogP contribution in [0.15, 0.2) is 54.6 Å². The molecule has 0 atom stereocenters. The molecule has 0 fully saturated rings. The molecule has 0 unspecified atom stereocenters. The molecule has 4 heteroatoms. The highest BCUT2D eigenvalue weighted by atomic mass is 19.4. The van der Waals surface area contributed by atoms with Crippen molar-refractivity contribution >= 4 is 24.6 Å². The lowest BCUT2D eigenvalue weighted by Gasteiger charge is -2.17. The van der Waals surface area contributed by atoms with Crippen LogP contribution >= 0.6 is 0 Å². The molecule has 18 heavy (non-hydrogen) atoms. The molecule has 2 rings (SSSR count). The van der Waals surface area contributed by atoms with Crippen LogP contribution < -0.4 is 5.46 Å². The molecule has 0 N–H and O–H groups in total. The van der Waals surface area contributed by atoms with E-state index in [0.29, 0.717) is 0 Å². The Kier molecular flexibility index (Phi) is 3.56. The van der Waals surface area contributed by atoms with Gasteiger partial charge in [0.25, 0.3) is 0 Å². The minimum Gasteiger partial charge on any atom is -0.445 e. The van der Waals surface area contributed by atoms with Gasteiger partial charge in [-0.05, 0) is 5.56 Å². The van der Waals surface area contributed by atoms with Crippen molar-refractivity contribution in [3.63, 3.8) is 0 Å². The standard InChI is InChI=1S/C14H11BF3/c16-15(17,18)14-9-5-4-8-13(14)11-10-12-6-2-1-3-7-12/h1-11H/q-1/b11-10+. The van der Waals surface area contributed by atoms with Crippen molar-refractivity contribution in [3.05, 3.63) is 65.7 Å². The summed E-state index contributed by atoms with van der Waals surface area (Å²) >= 11 is 0. The van der Waals surface area contributed by atoms with E-state index >= 15 is 0 Å². The summed E-state index contributed by atoms with van der Waals surface area (Å²) in [6.07, 6.45) is 3.18. The predicted octanol–water partition coefficient (Wildman–Crippen LogP) is 3.91. The Balaban J connectivity index is 2.33. The van der Waals surface area contributed by atoms with Crippen LogP contribution in [0.25, 0.3) is 12.2 Å². The number of benzene rings is 2. The van der Waals surface area contributed by atoms with Gasteiger partial charge in [-0.25, -0.2) is 0 Å². The summed E-state index contributed by atoms with van der Waals surface area (Å²) in [5, 5.41) is 0. The van der Waals surface area contributed by atoms with Crippen molar-refractivity contribution < 1.29 is 12.9 Å². The molecule has 0 radical (unpaired) electrons. The van der Waals surface area contributed by atoms with Crippen molar-refractivity contribution in [2.24, 2.45) is 0 Å². The average molecular weight is 247 g/mol. The zero-order valence-corrected chi connectivity index (χ0v) is 9.56. The maximum Gasteiger partial charge on any atom is 0.510 e. The van der Waals surface area contributed by atoms with Crippen LogP contribution in [0.5, 0.6) is 0 Å². The van der Waals surface area contributed by atoms with E-state index in [1.165, 1.54) is 18.2 Å². The Labute approximate surface area is 104 Å². The molecule has 0 amide bonds. The maximum atomic E-state index is 12.8. The zero-order valence-electron chi connectivity index (χ0n) is 9.56. The van der Waals surface area contributed by atoms with E-state index in [4.69, 9.17) is 0 Å². The molecule has 0 spiro atoms. The van der Waals surface area contributed by atoms with E-state index in [1.807, 2.05) is 30.3 Å². The summed E-state index contributed by atoms with van der Waals surface area (Å²) in [6.45, 7) is -4.97. The molecule has 0 aliphatic heterocycles. The summed E-state index contributed by atoms with van der Waals surface area (Å²) < 4.78 is 38.4. The Morgan fingerprint density at radius 3 is 2.00 bits per heavy atom. The van der Waals surface area contributed by atoms with Gasteiger partial charge < -0.3 is 12.9 Å². The first-order valence-corrected chi connectivity index (χ1v) is 5.59.